The molecule has 2 aromatic carbocycles. The van der Waals surface area contributed by atoms with Crippen LogP contribution in [0.3, 0.4) is 0 Å². The molecule has 0 amide bonds. The van der Waals surface area contributed by atoms with Gasteiger partial charge in [0.15, 0.2) is 5.11 Å². The average Bonchev–Trinajstić information content (AvgIpc) is 2.47. The summed E-state index contributed by atoms with van der Waals surface area (Å²) in [6.07, 6.45) is 0.806. The van der Waals surface area contributed by atoms with Gasteiger partial charge < -0.3 is 15.4 Å². The number of thiocarbonyl (C=S) groups is 1. The first-order valence-corrected chi connectivity index (χ1v) is 8.29. The molecule has 116 valence electrons. The van der Waals surface area contributed by atoms with E-state index >= 15 is 0 Å². The summed E-state index contributed by atoms with van der Waals surface area (Å²) in [6.45, 7) is 0.708. The third kappa shape index (κ3) is 5.16. The van der Waals surface area contributed by atoms with Gasteiger partial charge in [-0.3, -0.25) is 0 Å². The number of benzene rings is 2. The van der Waals surface area contributed by atoms with E-state index in [4.69, 9.17) is 28.6 Å². The van der Waals surface area contributed by atoms with Gasteiger partial charge in [-0.25, -0.2) is 0 Å². The number of halogens is 2. The number of ether oxygens (including phenoxy) is 1. The van der Waals surface area contributed by atoms with Crippen LogP contribution in [0, 0.1) is 0 Å². The molecule has 3 nitrogen and oxygen atoms in total. The molecule has 2 aromatic rings. The van der Waals surface area contributed by atoms with E-state index in [2.05, 4.69) is 26.6 Å². The van der Waals surface area contributed by atoms with Crippen LogP contribution in [-0.2, 0) is 6.42 Å². The van der Waals surface area contributed by atoms with Crippen LogP contribution in [0.15, 0.2) is 46.9 Å². The first-order chi connectivity index (χ1) is 10.6. The van der Waals surface area contributed by atoms with Crippen molar-refractivity contribution in [2.24, 2.45) is 0 Å². The van der Waals surface area contributed by atoms with Gasteiger partial charge in [-0.15, -0.1) is 0 Å². The maximum absolute atomic E-state index is 5.94. The highest BCUT2D eigenvalue weighted by atomic mass is 79.9. The molecule has 0 aliphatic heterocycles. The average molecular weight is 400 g/mol. The lowest BCUT2D eigenvalue weighted by Gasteiger charge is -2.12. The minimum Gasteiger partial charge on any atom is -0.496 e. The summed E-state index contributed by atoms with van der Waals surface area (Å²) in [5, 5.41) is 7.52. The topological polar surface area (TPSA) is 33.3 Å². The fraction of sp³-hybridized carbons (Fsp3) is 0.188. The molecule has 0 aliphatic carbocycles. The van der Waals surface area contributed by atoms with Crippen molar-refractivity contribution in [3.63, 3.8) is 0 Å². The Morgan fingerprint density at radius 3 is 2.82 bits per heavy atom. The van der Waals surface area contributed by atoms with Gasteiger partial charge >= 0.3 is 0 Å². The van der Waals surface area contributed by atoms with Crippen molar-refractivity contribution >= 4 is 50.5 Å². The first-order valence-electron chi connectivity index (χ1n) is 6.71. The van der Waals surface area contributed by atoms with E-state index in [1.165, 1.54) is 0 Å². The Morgan fingerprint density at radius 1 is 1.27 bits per heavy atom. The van der Waals surface area contributed by atoms with Crippen LogP contribution < -0.4 is 15.4 Å². The smallest absolute Gasteiger partial charge is 0.170 e. The minimum absolute atomic E-state index is 0.566. The van der Waals surface area contributed by atoms with Crippen LogP contribution in [0.5, 0.6) is 5.75 Å². The Bertz CT molecular complexity index is 666. The van der Waals surface area contributed by atoms with Gasteiger partial charge in [0.05, 0.1) is 7.11 Å². The van der Waals surface area contributed by atoms with E-state index < -0.39 is 0 Å². The molecule has 0 unspecified atom stereocenters. The molecule has 2 rings (SSSR count). The van der Waals surface area contributed by atoms with Crippen molar-refractivity contribution in [1.29, 1.82) is 0 Å². The van der Waals surface area contributed by atoms with Gasteiger partial charge in [-0.2, -0.15) is 0 Å². The summed E-state index contributed by atoms with van der Waals surface area (Å²) in [5.41, 5.74) is 1.99. The molecule has 0 aromatic heterocycles. The zero-order valence-electron chi connectivity index (χ0n) is 12.0. The molecule has 0 atom stereocenters. The van der Waals surface area contributed by atoms with E-state index in [1.807, 2.05) is 42.5 Å². The van der Waals surface area contributed by atoms with Gasteiger partial charge in [0, 0.05) is 21.7 Å². The second kappa shape index (κ2) is 8.36. The third-order valence-electron chi connectivity index (χ3n) is 3.00. The molecule has 0 aliphatic rings. The van der Waals surface area contributed by atoms with Gasteiger partial charge in [0.1, 0.15) is 5.75 Å². The highest BCUT2D eigenvalue weighted by molar-refractivity contribution is 9.10. The number of rotatable bonds is 5. The molecule has 0 heterocycles. The van der Waals surface area contributed by atoms with Gasteiger partial charge in [-0.1, -0.05) is 33.6 Å². The summed E-state index contributed by atoms with van der Waals surface area (Å²) < 4.78 is 6.39. The number of nitrogens with one attached hydrogen (secondary N) is 2. The standard InChI is InChI=1S/C16H16BrClN2OS/c1-21-15-6-5-12(17)9-11(15)7-8-19-16(22)20-14-4-2-3-13(18)10-14/h2-6,9-10H,7-8H2,1H3,(H2,19,20,22). The lowest BCUT2D eigenvalue weighted by Crippen LogP contribution is -2.30. The summed E-state index contributed by atoms with van der Waals surface area (Å²) in [6, 6.07) is 13.4. The van der Waals surface area contributed by atoms with Crippen molar-refractivity contribution in [2.45, 2.75) is 6.42 Å². The van der Waals surface area contributed by atoms with Crippen molar-refractivity contribution < 1.29 is 4.74 Å². The van der Waals surface area contributed by atoms with Crippen LogP contribution in [0.25, 0.3) is 0 Å². The fourth-order valence-corrected chi connectivity index (χ4v) is 2.81. The second-order valence-corrected chi connectivity index (χ2v) is 6.36. The van der Waals surface area contributed by atoms with E-state index in [-0.39, 0.29) is 0 Å². The predicted octanol–water partition coefficient (Wildman–Crippen LogP) is 4.64. The molecule has 0 spiro atoms. The normalized spacial score (nSPS) is 10.1. The first kappa shape index (κ1) is 17.1. The maximum Gasteiger partial charge on any atom is 0.170 e. The summed E-state index contributed by atoms with van der Waals surface area (Å²) >= 11 is 14.7. The molecule has 0 saturated heterocycles. The molecule has 22 heavy (non-hydrogen) atoms. The molecule has 0 radical (unpaired) electrons. The molecular formula is C16H16BrClN2OS. The number of anilines is 1. The quantitative estimate of drug-likeness (QED) is 0.718. The Labute approximate surface area is 149 Å². The van der Waals surface area contributed by atoms with Gasteiger partial charge in [0.2, 0.25) is 0 Å². The number of hydrogen-bond donors (Lipinski definition) is 2. The third-order valence-corrected chi connectivity index (χ3v) is 3.98. The zero-order chi connectivity index (χ0) is 15.9. The van der Waals surface area contributed by atoms with Gasteiger partial charge in [-0.05, 0) is 60.6 Å². The van der Waals surface area contributed by atoms with Crippen LogP contribution in [0.2, 0.25) is 5.02 Å². The molecular weight excluding hydrogens is 384 g/mol. The van der Waals surface area contributed by atoms with Crippen LogP contribution in [0.1, 0.15) is 5.56 Å². The zero-order valence-corrected chi connectivity index (χ0v) is 15.2. The Kier molecular flexibility index (Phi) is 6.49. The van der Waals surface area contributed by atoms with E-state index in [0.717, 1.165) is 27.9 Å². The Morgan fingerprint density at radius 2 is 2.09 bits per heavy atom. The van der Waals surface area contributed by atoms with Crippen LogP contribution >= 0.6 is 39.7 Å². The van der Waals surface area contributed by atoms with E-state index in [1.54, 1.807) is 7.11 Å². The molecule has 0 bridgehead atoms. The van der Waals surface area contributed by atoms with Crippen molar-refractivity contribution in [3.8, 4) is 5.75 Å². The fourth-order valence-electron chi connectivity index (χ4n) is 1.99. The molecule has 2 N–H and O–H groups in total. The Balaban J connectivity index is 1.86. The SMILES string of the molecule is COc1ccc(Br)cc1CCNC(=S)Nc1cccc(Cl)c1. The van der Waals surface area contributed by atoms with Crippen molar-refractivity contribution in [1.82, 2.24) is 5.32 Å². The Hall–Kier alpha value is -1.30. The van der Waals surface area contributed by atoms with Crippen LogP contribution in [-0.4, -0.2) is 18.8 Å². The number of methoxy groups -OCH3 is 1. The highest BCUT2D eigenvalue weighted by Crippen LogP contribution is 2.23. The lowest BCUT2D eigenvalue weighted by atomic mass is 10.1. The lowest BCUT2D eigenvalue weighted by molar-refractivity contribution is 0.409. The highest BCUT2D eigenvalue weighted by Gasteiger charge is 2.04. The summed E-state index contributed by atoms with van der Waals surface area (Å²) in [5.74, 6) is 0.874. The summed E-state index contributed by atoms with van der Waals surface area (Å²) in [7, 11) is 1.67. The molecule has 0 saturated carbocycles. The number of hydrogen-bond acceptors (Lipinski definition) is 2. The maximum atomic E-state index is 5.94. The second-order valence-electron chi connectivity index (χ2n) is 4.60. The van der Waals surface area contributed by atoms with Crippen molar-refractivity contribution in [2.75, 3.05) is 19.0 Å². The van der Waals surface area contributed by atoms with E-state index in [9.17, 15) is 0 Å². The minimum atomic E-state index is 0.566. The molecule has 6 heteroatoms. The van der Waals surface area contributed by atoms with Crippen LogP contribution in [0.4, 0.5) is 5.69 Å². The van der Waals surface area contributed by atoms with Crippen molar-refractivity contribution in [3.05, 3.63) is 57.5 Å². The van der Waals surface area contributed by atoms with Gasteiger partial charge in [0.25, 0.3) is 0 Å². The van der Waals surface area contributed by atoms with E-state index in [0.29, 0.717) is 16.7 Å². The summed E-state index contributed by atoms with van der Waals surface area (Å²) in [4.78, 5) is 0. The monoisotopic (exact) mass is 398 g/mol. The largest absolute Gasteiger partial charge is 0.496 e. The predicted molar refractivity (Wildman–Crippen MR) is 100 cm³/mol. The molecule has 0 fully saturated rings.